The molecule has 2 rings (SSSR count). The van der Waals surface area contributed by atoms with Crippen LogP contribution in [0.1, 0.15) is 12.0 Å². The van der Waals surface area contributed by atoms with E-state index in [4.69, 9.17) is 16.7 Å². The van der Waals surface area contributed by atoms with Gasteiger partial charge in [-0.1, -0.05) is 17.7 Å². The molecule has 1 aromatic rings. The number of carbonyl (C=O) groups is 2. The molecule has 0 unspecified atom stereocenters. The highest BCUT2D eigenvalue weighted by molar-refractivity contribution is 6.31. The Balaban J connectivity index is 1.99. The smallest absolute Gasteiger partial charge is 0.307 e. The number of hydrogen-bond donors (Lipinski definition) is 1. The molecule has 0 heterocycles. The van der Waals surface area contributed by atoms with Gasteiger partial charge in [0.2, 0.25) is 5.91 Å². The van der Waals surface area contributed by atoms with Crippen molar-refractivity contribution in [1.82, 2.24) is 4.90 Å². The number of carbonyl (C=O) groups excluding carboxylic acids is 1. The molecular formula is C13H13ClFNO3. The van der Waals surface area contributed by atoms with Crippen LogP contribution in [0.15, 0.2) is 18.2 Å². The minimum atomic E-state index is -0.938. The molecule has 1 amide bonds. The maximum Gasteiger partial charge on any atom is 0.307 e. The number of benzene rings is 1. The second-order valence-electron chi connectivity index (χ2n) is 4.72. The Kier molecular flexibility index (Phi) is 3.75. The van der Waals surface area contributed by atoms with Gasteiger partial charge in [-0.05, 0) is 24.1 Å². The van der Waals surface area contributed by atoms with Crippen LogP contribution in [0, 0.1) is 17.7 Å². The Bertz CT molecular complexity index is 535. The van der Waals surface area contributed by atoms with Crippen LogP contribution >= 0.6 is 11.6 Å². The zero-order valence-corrected chi connectivity index (χ0v) is 11.0. The molecule has 0 aromatic heterocycles. The van der Waals surface area contributed by atoms with E-state index in [-0.39, 0.29) is 17.5 Å². The highest BCUT2D eigenvalue weighted by atomic mass is 35.5. The summed E-state index contributed by atoms with van der Waals surface area (Å²) in [6.45, 7) is 0.237. The number of halogens is 2. The zero-order valence-electron chi connectivity index (χ0n) is 10.3. The lowest BCUT2D eigenvalue weighted by Gasteiger charge is -2.18. The summed E-state index contributed by atoms with van der Waals surface area (Å²) >= 11 is 5.88. The molecule has 6 heteroatoms. The van der Waals surface area contributed by atoms with Crippen molar-refractivity contribution in [2.24, 2.45) is 11.8 Å². The summed E-state index contributed by atoms with van der Waals surface area (Å²) in [5, 5.41) is 9.04. The largest absolute Gasteiger partial charge is 0.481 e. The van der Waals surface area contributed by atoms with Crippen LogP contribution in [-0.2, 0) is 16.1 Å². The van der Waals surface area contributed by atoms with Gasteiger partial charge >= 0.3 is 5.97 Å². The monoisotopic (exact) mass is 285 g/mol. The summed E-state index contributed by atoms with van der Waals surface area (Å²) in [5.41, 5.74) is 0.631. The number of rotatable bonds is 4. The van der Waals surface area contributed by atoms with Crippen LogP contribution in [-0.4, -0.2) is 28.9 Å². The minimum absolute atomic E-state index is 0.215. The topological polar surface area (TPSA) is 57.6 Å². The van der Waals surface area contributed by atoms with Crippen molar-refractivity contribution < 1.29 is 19.1 Å². The van der Waals surface area contributed by atoms with Gasteiger partial charge < -0.3 is 10.0 Å². The second-order valence-corrected chi connectivity index (χ2v) is 5.12. The summed E-state index contributed by atoms with van der Waals surface area (Å²) in [6.07, 6.45) is 0.385. The highest BCUT2D eigenvalue weighted by Crippen LogP contribution is 2.40. The molecule has 1 aliphatic carbocycles. The first-order chi connectivity index (χ1) is 8.90. The van der Waals surface area contributed by atoms with Crippen molar-refractivity contribution in [1.29, 1.82) is 0 Å². The van der Waals surface area contributed by atoms with Crippen LogP contribution in [0.3, 0.4) is 0 Å². The van der Waals surface area contributed by atoms with E-state index in [1.165, 1.54) is 23.1 Å². The second kappa shape index (κ2) is 5.17. The minimum Gasteiger partial charge on any atom is -0.481 e. The Morgan fingerprint density at radius 1 is 1.47 bits per heavy atom. The van der Waals surface area contributed by atoms with Crippen LogP contribution in [0.2, 0.25) is 5.02 Å². The number of nitrogens with zero attached hydrogens (tertiary/aromatic N) is 1. The van der Waals surface area contributed by atoms with Gasteiger partial charge in [0.05, 0.1) is 11.8 Å². The summed E-state index contributed by atoms with van der Waals surface area (Å²) in [6, 6.07) is 3.98. The molecule has 0 bridgehead atoms. The van der Waals surface area contributed by atoms with Gasteiger partial charge in [-0.25, -0.2) is 4.39 Å². The third-order valence-electron chi connectivity index (χ3n) is 3.22. The van der Waals surface area contributed by atoms with Gasteiger partial charge in [-0.2, -0.15) is 0 Å². The van der Waals surface area contributed by atoms with E-state index in [0.717, 1.165) is 0 Å². The molecule has 1 aromatic carbocycles. The molecule has 4 nitrogen and oxygen atoms in total. The van der Waals surface area contributed by atoms with Crippen molar-refractivity contribution in [2.75, 3.05) is 7.05 Å². The first-order valence-corrected chi connectivity index (χ1v) is 6.19. The molecular weight excluding hydrogens is 273 g/mol. The van der Waals surface area contributed by atoms with Crippen LogP contribution in [0.5, 0.6) is 0 Å². The van der Waals surface area contributed by atoms with Gasteiger partial charge in [0, 0.05) is 18.6 Å². The summed E-state index contributed by atoms with van der Waals surface area (Å²) in [4.78, 5) is 24.1. The molecule has 1 saturated carbocycles. The first kappa shape index (κ1) is 13.8. The quantitative estimate of drug-likeness (QED) is 0.922. The van der Waals surface area contributed by atoms with Gasteiger partial charge in [0.15, 0.2) is 0 Å². The van der Waals surface area contributed by atoms with Gasteiger partial charge in [-0.15, -0.1) is 0 Å². The van der Waals surface area contributed by atoms with E-state index in [9.17, 15) is 14.0 Å². The van der Waals surface area contributed by atoms with Crippen molar-refractivity contribution in [3.63, 3.8) is 0 Å². The van der Waals surface area contributed by atoms with Crippen LogP contribution in [0.25, 0.3) is 0 Å². The van der Waals surface area contributed by atoms with Crippen molar-refractivity contribution in [3.8, 4) is 0 Å². The number of amides is 1. The zero-order chi connectivity index (χ0) is 14.2. The SMILES string of the molecule is CN(Cc1ccc(F)cc1Cl)C(=O)[C@@H]1C[C@@H]1C(=O)O. The average molecular weight is 286 g/mol. The van der Waals surface area contributed by atoms with Crippen LogP contribution in [0.4, 0.5) is 4.39 Å². The Morgan fingerprint density at radius 2 is 2.16 bits per heavy atom. The molecule has 0 spiro atoms. The fourth-order valence-electron chi connectivity index (χ4n) is 2.01. The highest BCUT2D eigenvalue weighted by Gasteiger charge is 2.49. The summed E-state index contributed by atoms with van der Waals surface area (Å²) in [7, 11) is 1.58. The molecule has 0 aliphatic heterocycles. The average Bonchev–Trinajstić information content (AvgIpc) is 3.11. The third kappa shape index (κ3) is 3.04. The normalized spacial score (nSPS) is 21.0. The standard InChI is InChI=1S/C13H13ClFNO3/c1-16(12(17)9-5-10(9)13(18)19)6-7-2-3-8(15)4-11(7)14/h2-4,9-10H,5-6H2,1H3,(H,18,19)/t9-,10+/m1/s1. The fourth-order valence-corrected chi connectivity index (χ4v) is 2.23. The number of hydrogen-bond acceptors (Lipinski definition) is 2. The van der Waals surface area contributed by atoms with E-state index >= 15 is 0 Å². The van der Waals surface area contributed by atoms with E-state index < -0.39 is 23.6 Å². The predicted molar refractivity (Wildman–Crippen MR) is 67.1 cm³/mol. The van der Waals surface area contributed by atoms with Gasteiger partial charge in [0.1, 0.15) is 5.82 Å². The Hall–Kier alpha value is -1.62. The van der Waals surface area contributed by atoms with E-state index in [1.54, 1.807) is 7.05 Å². The maximum absolute atomic E-state index is 12.9. The number of carboxylic acids is 1. The molecule has 0 saturated heterocycles. The lowest BCUT2D eigenvalue weighted by Crippen LogP contribution is -2.29. The molecule has 1 N–H and O–H groups in total. The van der Waals surface area contributed by atoms with E-state index in [2.05, 4.69) is 0 Å². The number of carboxylic acid groups (broad SMARTS) is 1. The molecule has 2 atom stereocenters. The van der Waals surface area contributed by atoms with Crippen molar-refractivity contribution >= 4 is 23.5 Å². The Labute approximate surface area is 114 Å². The molecule has 1 aliphatic rings. The predicted octanol–water partition coefficient (Wildman–Crippen LogP) is 2.16. The number of aliphatic carboxylic acids is 1. The maximum atomic E-state index is 12.9. The fraction of sp³-hybridized carbons (Fsp3) is 0.385. The van der Waals surface area contributed by atoms with Crippen molar-refractivity contribution in [2.45, 2.75) is 13.0 Å². The first-order valence-electron chi connectivity index (χ1n) is 5.82. The van der Waals surface area contributed by atoms with E-state index in [1.807, 2.05) is 0 Å². The molecule has 0 radical (unpaired) electrons. The molecule has 1 fully saturated rings. The molecule has 19 heavy (non-hydrogen) atoms. The Morgan fingerprint density at radius 3 is 2.68 bits per heavy atom. The third-order valence-corrected chi connectivity index (χ3v) is 3.58. The lowest BCUT2D eigenvalue weighted by molar-refractivity contribution is -0.141. The lowest BCUT2D eigenvalue weighted by atomic mass is 10.2. The van der Waals surface area contributed by atoms with Gasteiger partial charge in [-0.3, -0.25) is 9.59 Å². The van der Waals surface area contributed by atoms with Gasteiger partial charge in [0.25, 0.3) is 0 Å². The van der Waals surface area contributed by atoms with Crippen molar-refractivity contribution in [3.05, 3.63) is 34.6 Å². The van der Waals surface area contributed by atoms with E-state index in [0.29, 0.717) is 12.0 Å². The summed E-state index contributed by atoms with van der Waals surface area (Å²) < 4.78 is 12.9. The summed E-state index contributed by atoms with van der Waals surface area (Å²) in [5.74, 6) is -2.60. The molecule has 102 valence electrons. The van der Waals surface area contributed by atoms with Crippen LogP contribution < -0.4 is 0 Å².